The van der Waals surface area contributed by atoms with Gasteiger partial charge in [0, 0.05) is 77.3 Å². The molecule has 6 heteroatoms. The van der Waals surface area contributed by atoms with Crippen molar-refractivity contribution < 1.29 is 8.83 Å². The van der Waals surface area contributed by atoms with Gasteiger partial charge in [-0.3, -0.25) is 0 Å². The Bertz CT molecular complexity index is 3900. The molecular formula is C64H44Cl2N2O2. The van der Waals surface area contributed by atoms with Crippen molar-refractivity contribution in [1.82, 2.24) is 0 Å². The zero-order valence-corrected chi connectivity index (χ0v) is 40.5. The van der Waals surface area contributed by atoms with E-state index in [0.717, 1.165) is 77.6 Å². The van der Waals surface area contributed by atoms with E-state index in [2.05, 4.69) is 207 Å². The van der Waals surface area contributed by atoms with Crippen LogP contribution in [-0.4, -0.2) is 0 Å². The molecule has 0 saturated heterocycles. The SMILES string of the molecule is CC1(C)c2ccccc2-c2ccc(N(c3ccccc3)c3cc4c5ccc(Cl)cc5oc4c4c(N(c5ccccc5)c5ccc6c(c5)C(C)(C)c5ccccc5-6)cc5c6ccc(Cl)cc6oc5c34)cc21. The number of hydrogen-bond acceptors (Lipinski definition) is 4. The third-order valence-corrected chi connectivity index (χ3v) is 15.8. The van der Waals surface area contributed by atoms with Crippen molar-refractivity contribution in [3.8, 4) is 22.3 Å². The average molecular weight is 944 g/mol. The van der Waals surface area contributed by atoms with E-state index in [4.69, 9.17) is 32.0 Å². The number of furan rings is 2. The average Bonchev–Trinajstić information content (AvgIpc) is 4.06. The Morgan fingerprint density at radius 2 is 0.729 bits per heavy atom. The molecule has 0 unspecified atom stereocenters. The standard InChI is InChI=1S/C64H44Cl2N2O2/c1-63(2)51-21-13-11-19-43(51)45-29-25-41(33-53(45)63)67(39-15-7-5-8-16-39)55-35-49-47-27-23-37(65)31-57(47)70-62(49)60-56(36-50-48-28-24-38(66)32-58(48)69-61(50)59(55)60)68(40-17-9-6-10-18-40)42-26-30-46-44-20-12-14-22-52(44)64(3,4)54(46)34-42/h5-36H,1-4H3. The van der Waals surface area contributed by atoms with Crippen LogP contribution in [0.5, 0.6) is 0 Å². The highest BCUT2D eigenvalue weighted by Crippen LogP contribution is 2.57. The van der Waals surface area contributed by atoms with E-state index in [1.807, 2.05) is 24.3 Å². The first-order valence-corrected chi connectivity index (χ1v) is 24.6. The Labute approximate surface area is 415 Å². The highest BCUT2D eigenvalue weighted by Gasteiger charge is 2.38. The number of nitrogens with zero attached hydrogens (tertiary/aromatic N) is 2. The number of benzene rings is 10. The minimum Gasteiger partial charge on any atom is -0.455 e. The van der Waals surface area contributed by atoms with Gasteiger partial charge in [0.25, 0.3) is 0 Å². The summed E-state index contributed by atoms with van der Waals surface area (Å²) in [6, 6.07) is 69.4. The molecule has 0 atom stereocenters. The quantitative estimate of drug-likeness (QED) is 0.166. The molecule has 0 N–H and O–H groups in total. The van der Waals surface area contributed by atoms with Gasteiger partial charge in [0.2, 0.25) is 0 Å². The number of halogens is 2. The Morgan fingerprint density at radius 1 is 0.343 bits per heavy atom. The largest absolute Gasteiger partial charge is 0.455 e. The van der Waals surface area contributed by atoms with Crippen molar-refractivity contribution in [3.05, 3.63) is 226 Å². The van der Waals surface area contributed by atoms with Gasteiger partial charge in [0.1, 0.15) is 22.3 Å². The van der Waals surface area contributed by atoms with Crippen LogP contribution in [0.15, 0.2) is 203 Å². The first-order valence-electron chi connectivity index (χ1n) is 23.9. The highest BCUT2D eigenvalue weighted by molar-refractivity contribution is 6.34. The molecule has 12 aromatic rings. The van der Waals surface area contributed by atoms with Crippen molar-refractivity contribution in [3.63, 3.8) is 0 Å². The minimum absolute atomic E-state index is 0.225. The summed E-state index contributed by atoms with van der Waals surface area (Å²) in [5.74, 6) is 0. The molecule has 0 spiro atoms. The van der Waals surface area contributed by atoms with E-state index >= 15 is 0 Å². The zero-order chi connectivity index (χ0) is 47.2. The van der Waals surface area contributed by atoms with E-state index < -0.39 is 0 Å². The fourth-order valence-corrected chi connectivity index (χ4v) is 12.3. The van der Waals surface area contributed by atoms with Crippen molar-refractivity contribution in [2.45, 2.75) is 38.5 Å². The van der Waals surface area contributed by atoms with Crippen LogP contribution in [-0.2, 0) is 10.8 Å². The topological polar surface area (TPSA) is 32.8 Å². The molecule has 2 aliphatic carbocycles. The van der Waals surface area contributed by atoms with E-state index in [-0.39, 0.29) is 10.8 Å². The molecule has 70 heavy (non-hydrogen) atoms. The van der Waals surface area contributed by atoms with Gasteiger partial charge in [-0.1, -0.05) is 148 Å². The lowest BCUT2D eigenvalue weighted by atomic mass is 9.82. The zero-order valence-electron chi connectivity index (χ0n) is 38.9. The molecular weight excluding hydrogens is 900 g/mol. The first kappa shape index (κ1) is 41.2. The molecule has 10 aromatic carbocycles. The van der Waals surface area contributed by atoms with Gasteiger partial charge in [-0.25, -0.2) is 0 Å². The second kappa shape index (κ2) is 14.9. The van der Waals surface area contributed by atoms with Gasteiger partial charge in [0.05, 0.1) is 22.1 Å². The molecule has 14 rings (SSSR count). The second-order valence-electron chi connectivity index (χ2n) is 19.9. The molecule has 0 fully saturated rings. The van der Waals surface area contributed by atoms with Crippen LogP contribution in [0, 0.1) is 0 Å². The summed E-state index contributed by atoms with van der Waals surface area (Å²) in [6.07, 6.45) is 0. The van der Waals surface area contributed by atoms with Crippen LogP contribution < -0.4 is 9.80 Å². The summed E-state index contributed by atoms with van der Waals surface area (Å²) in [7, 11) is 0. The van der Waals surface area contributed by atoms with Crippen molar-refractivity contribution in [2.75, 3.05) is 9.80 Å². The monoisotopic (exact) mass is 942 g/mol. The number of anilines is 6. The summed E-state index contributed by atoms with van der Waals surface area (Å²) in [4.78, 5) is 4.81. The maximum absolute atomic E-state index is 7.18. The van der Waals surface area contributed by atoms with Crippen LogP contribution in [0.1, 0.15) is 49.9 Å². The van der Waals surface area contributed by atoms with Gasteiger partial charge < -0.3 is 18.6 Å². The number of fused-ring (bicyclic) bond motifs is 15. The maximum Gasteiger partial charge on any atom is 0.145 e. The second-order valence-corrected chi connectivity index (χ2v) is 20.8. The summed E-state index contributed by atoms with van der Waals surface area (Å²) in [5.41, 5.74) is 18.7. The molecule has 2 aliphatic rings. The van der Waals surface area contributed by atoms with E-state index in [1.165, 1.54) is 44.5 Å². The Balaban J connectivity index is 1.15. The van der Waals surface area contributed by atoms with Gasteiger partial charge in [-0.15, -0.1) is 0 Å². The molecule has 0 radical (unpaired) electrons. The first-order chi connectivity index (χ1) is 34.0. The maximum atomic E-state index is 7.18. The molecule has 0 saturated carbocycles. The van der Waals surface area contributed by atoms with Gasteiger partial charge in [-0.05, 0) is 129 Å². The van der Waals surface area contributed by atoms with Gasteiger partial charge in [0.15, 0.2) is 0 Å². The summed E-state index contributed by atoms with van der Waals surface area (Å²) in [5, 5.41) is 6.86. The van der Waals surface area contributed by atoms with Crippen molar-refractivity contribution in [1.29, 1.82) is 0 Å². The third-order valence-electron chi connectivity index (χ3n) is 15.3. The summed E-state index contributed by atoms with van der Waals surface area (Å²) >= 11 is 13.6. The van der Waals surface area contributed by atoms with Crippen molar-refractivity contribution >= 4 is 112 Å². The molecule has 336 valence electrons. The van der Waals surface area contributed by atoms with Crippen LogP contribution in [0.3, 0.4) is 0 Å². The molecule has 0 aliphatic heterocycles. The van der Waals surface area contributed by atoms with E-state index in [1.54, 1.807) is 0 Å². The number of rotatable bonds is 6. The lowest BCUT2D eigenvalue weighted by molar-refractivity contribution is 0.660. The van der Waals surface area contributed by atoms with Crippen molar-refractivity contribution in [2.24, 2.45) is 0 Å². The van der Waals surface area contributed by atoms with Gasteiger partial charge in [-0.2, -0.15) is 0 Å². The van der Waals surface area contributed by atoms with Crippen LogP contribution in [0.4, 0.5) is 34.1 Å². The molecule has 2 aromatic heterocycles. The lowest BCUT2D eigenvalue weighted by Gasteiger charge is -2.31. The fraction of sp³-hybridized carbons (Fsp3) is 0.0938. The normalized spacial score (nSPS) is 14.1. The van der Waals surface area contributed by atoms with E-state index in [9.17, 15) is 0 Å². The minimum atomic E-state index is -0.225. The fourth-order valence-electron chi connectivity index (χ4n) is 12.0. The predicted molar refractivity (Wildman–Crippen MR) is 293 cm³/mol. The van der Waals surface area contributed by atoms with Crippen LogP contribution >= 0.6 is 23.2 Å². The highest BCUT2D eigenvalue weighted by atomic mass is 35.5. The van der Waals surface area contributed by atoms with Crippen LogP contribution in [0.25, 0.3) is 76.9 Å². The number of hydrogen-bond donors (Lipinski definition) is 0. The number of para-hydroxylation sites is 2. The van der Waals surface area contributed by atoms with E-state index in [0.29, 0.717) is 21.2 Å². The third kappa shape index (κ3) is 5.84. The molecule has 0 amide bonds. The Morgan fingerprint density at radius 3 is 1.16 bits per heavy atom. The predicted octanol–water partition coefficient (Wildman–Crippen LogP) is 19.5. The molecule has 0 bridgehead atoms. The Kier molecular flexibility index (Phi) is 8.76. The molecule has 4 nitrogen and oxygen atoms in total. The summed E-state index contributed by atoms with van der Waals surface area (Å²) in [6.45, 7) is 9.35. The van der Waals surface area contributed by atoms with Gasteiger partial charge >= 0.3 is 0 Å². The Hall–Kier alpha value is -7.76. The smallest absolute Gasteiger partial charge is 0.145 e. The lowest BCUT2D eigenvalue weighted by Crippen LogP contribution is -2.17. The molecule has 2 heterocycles. The van der Waals surface area contributed by atoms with Crippen LogP contribution in [0.2, 0.25) is 10.0 Å². The summed E-state index contributed by atoms with van der Waals surface area (Å²) < 4.78 is 14.4.